The summed E-state index contributed by atoms with van der Waals surface area (Å²) in [6.45, 7) is 1.89. The molecule has 0 aromatic heterocycles. The van der Waals surface area contributed by atoms with Gasteiger partial charge in [0.1, 0.15) is 22.5 Å². The molecule has 4 rings (SSSR count). The molecule has 1 aliphatic heterocycles. The molecule has 3 aromatic carbocycles. The highest BCUT2D eigenvalue weighted by atomic mass is 32.2. The van der Waals surface area contributed by atoms with Gasteiger partial charge in [0.25, 0.3) is 11.6 Å². The highest BCUT2D eigenvalue weighted by molar-refractivity contribution is 8.05. The quantitative estimate of drug-likeness (QED) is 0.217. The van der Waals surface area contributed by atoms with E-state index in [0.717, 1.165) is 17.3 Å². The third-order valence-corrected chi connectivity index (χ3v) is 6.71. The number of nitro groups is 1. The summed E-state index contributed by atoms with van der Waals surface area (Å²) in [5.41, 5.74) is 1.95. The predicted molar refractivity (Wildman–Crippen MR) is 135 cm³/mol. The Bertz CT molecular complexity index is 1420. The number of hydrogen-bond acceptors (Lipinski definition) is 6. The SMILES string of the molecule is Cc1ccc(N2C(=O)[C@@H](Cc3cccc([N+](=O)[O-])c3)S/C2=C(\C#N)C(=O)Nc2ccc(F)cc2)cc1. The van der Waals surface area contributed by atoms with Crippen molar-refractivity contribution < 1.29 is 18.9 Å². The number of carbonyl (C=O) groups excluding carboxylic acids is 2. The smallest absolute Gasteiger partial charge is 0.269 e. The van der Waals surface area contributed by atoms with Crippen molar-refractivity contribution >= 4 is 40.6 Å². The number of nitro benzene ring substituents is 1. The first-order valence-corrected chi connectivity index (χ1v) is 11.7. The van der Waals surface area contributed by atoms with Gasteiger partial charge in [-0.3, -0.25) is 24.6 Å². The maximum absolute atomic E-state index is 13.5. The minimum atomic E-state index is -0.743. The molecule has 2 amide bonds. The molecule has 1 aliphatic rings. The van der Waals surface area contributed by atoms with E-state index in [1.54, 1.807) is 24.3 Å². The molecule has 1 heterocycles. The van der Waals surface area contributed by atoms with E-state index in [0.29, 0.717) is 16.9 Å². The number of benzene rings is 3. The number of carbonyl (C=O) groups is 2. The number of aryl methyl sites for hydroxylation is 1. The lowest BCUT2D eigenvalue weighted by atomic mass is 10.1. The summed E-state index contributed by atoms with van der Waals surface area (Å²) >= 11 is 1.05. The van der Waals surface area contributed by atoms with Gasteiger partial charge in [0, 0.05) is 23.5 Å². The molecule has 180 valence electrons. The van der Waals surface area contributed by atoms with Crippen LogP contribution in [-0.2, 0) is 16.0 Å². The Kier molecular flexibility index (Phi) is 7.12. The minimum Gasteiger partial charge on any atom is -0.321 e. The molecule has 0 bridgehead atoms. The van der Waals surface area contributed by atoms with Crippen LogP contribution in [0.5, 0.6) is 0 Å². The summed E-state index contributed by atoms with van der Waals surface area (Å²) in [6, 6.07) is 20.0. The van der Waals surface area contributed by atoms with E-state index >= 15 is 0 Å². The Hall–Kier alpha value is -4.49. The van der Waals surface area contributed by atoms with Crippen molar-refractivity contribution in [2.24, 2.45) is 0 Å². The van der Waals surface area contributed by atoms with Crippen molar-refractivity contribution in [1.29, 1.82) is 5.26 Å². The van der Waals surface area contributed by atoms with E-state index in [-0.39, 0.29) is 28.6 Å². The predicted octanol–water partition coefficient (Wildman–Crippen LogP) is 5.11. The first-order valence-electron chi connectivity index (χ1n) is 10.8. The maximum atomic E-state index is 13.5. The molecule has 8 nitrogen and oxygen atoms in total. The number of non-ortho nitro benzene ring substituents is 1. The average Bonchev–Trinajstić information content (AvgIpc) is 3.17. The largest absolute Gasteiger partial charge is 0.321 e. The van der Waals surface area contributed by atoms with E-state index in [1.807, 2.05) is 25.1 Å². The molecule has 1 fully saturated rings. The zero-order valence-electron chi connectivity index (χ0n) is 19.0. The van der Waals surface area contributed by atoms with E-state index < -0.39 is 21.9 Å². The summed E-state index contributed by atoms with van der Waals surface area (Å²) in [5.74, 6) is -1.57. The molecule has 10 heteroatoms. The molecule has 0 radical (unpaired) electrons. The van der Waals surface area contributed by atoms with Crippen molar-refractivity contribution in [2.75, 3.05) is 10.2 Å². The molecule has 36 heavy (non-hydrogen) atoms. The summed E-state index contributed by atoms with van der Waals surface area (Å²) in [5, 5.41) is 23.1. The van der Waals surface area contributed by atoms with Crippen LogP contribution in [0.15, 0.2) is 83.4 Å². The Morgan fingerprint density at radius 2 is 1.86 bits per heavy atom. The summed E-state index contributed by atoms with van der Waals surface area (Å²) in [7, 11) is 0. The maximum Gasteiger partial charge on any atom is 0.269 e. The van der Waals surface area contributed by atoms with Gasteiger partial charge in [0.15, 0.2) is 0 Å². The number of hydrogen-bond donors (Lipinski definition) is 1. The van der Waals surface area contributed by atoms with Gasteiger partial charge in [-0.25, -0.2) is 4.39 Å². The van der Waals surface area contributed by atoms with E-state index in [1.165, 1.54) is 41.3 Å². The normalized spacial score (nSPS) is 16.4. The van der Waals surface area contributed by atoms with Crippen LogP contribution >= 0.6 is 11.8 Å². The van der Waals surface area contributed by atoms with Crippen LogP contribution in [0.25, 0.3) is 0 Å². The molecular weight excluding hydrogens is 483 g/mol. The number of anilines is 2. The first kappa shape index (κ1) is 24.6. The van der Waals surface area contributed by atoms with Gasteiger partial charge < -0.3 is 5.32 Å². The molecule has 1 atom stereocenters. The lowest BCUT2D eigenvalue weighted by molar-refractivity contribution is -0.384. The van der Waals surface area contributed by atoms with Crippen molar-refractivity contribution in [3.05, 3.63) is 110 Å². The second-order valence-corrected chi connectivity index (χ2v) is 9.19. The van der Waals surface area contributed by atoms with Gasteiger partial charge in [0.2, 0.25) is 5.91 Å². The number of halogens is 1. The van der Waals surface area contributed by atoms with Gasteiger partial charge in [-0.15, -0.1) is 0 Å². The zero-order chi connectivity index (χ0) is 25.8. The number of rotatable bonds is 6. The number of nitriles is 1. The summed E-state index contributed by atoms with van der Waals surface area (Å²) in [6.07, 6.45) is 0.162. The van der Waals surface area contributed by atoms with E-state index in [2.05, 4.69) is 5.32 Å². The molecular formula is C26H19FN4O4S. The molecule has 0 unspecified atom stereocenters. The van der Waals surface area contributed by atoms with E-state index in [4.69, 9.17) is 0 Å². The van der Waals surface area contributed by atoms with Crippen LogP contribution in [-0.4, -0.2) is 22.0 Å². The number of amides is 2. The van der Waals surface area contributed by atoms with Crippen LogP contribution < -0.4 is 10.2 Å². The molecule has 1 N–H and O–H groups in total. The first-order chi connectivity index (χ1) is 17.3. The second-order valence-electron chi connectivity index (χ2n) is 8.00. The summed E-state index contributed by atoms with van der Waals surface area (Å²) < 4.78 is 13.2. The van der Waals surface area contributed by atoms with Crippen LogP contribution in [0, 0.1) is 34.2 Å². The molecule has 0 spiro atoms. The second kappa shape index (κ2) is 10.4. The number of nitrogens with zero attached hydrogens (tertiary/aromatic N) is 3. The fraction of sp³-hybridized carbons (Fsp3) is 0.115. The highest BCUT2D eigenvalue weighted by Crippen LogP contribution is 2.42. The van der Waals surface area contributed by atoms with E-state index in [9.17, 15) is 29.4 Å². The van der Waals surface area contributed by atoms with Crippen LogP contribution in [0.2, 0.25) is 0 Å². The lowest BCUT2D eigenvalue weighted by Gasteiger charge is -2.19. The standard InChI is InChI=1S/C26H19FN4O4S/c1-16-5-11-20(12-6-16)30-25(33)23(14-17-3-2-4-21(13-17)31(34)35)36-26(30)22(15-28)24(32)29-19-9-7-18(27)8-10-19/h2-13,23H,14H2,1H3,(H,29,32)/b26-22+/t23-/m1/s1. The van der Waals surface area contributed by atoms with Gasteiger partial charge in [0.05, 0.1) is 10.2 Å². The zero-order valence-corrected chi connectivity index (χ0v) is 19.8. The fourth-order valence-corrected chi connectivity index (χ4v) is 4.96. The topological polar surface area (TPSA) is 116 Å². The molecule has 1 saturated heterocycles. The van der Waals surface area contributed by atoms with Gasteiger partial charge in [-0.2, -0.15) is 5.26 Å². The lowest BCUT2D eigenvalue weighted by Crippen LogP contribution is -2.30. The third kappa shape index (κ3) is 5.26. The van der Waals surface area contributed by atoms with Crippen molar-refractivity contribution in [3.8, 4) is 6.07 Å². The van der Waals surface area contributed by atoms with Gasteiger partial charge >= 0.3 is 0 Å². The van der Waals surface area contributed by atoms with Crippen LogP contribution in [0.4, 0.5) is 21.5 Å². The van der Waals surface area contributed by atoms with Crippen LogP contribution in [0.1, 0.15) is 11.1 Å². The van der Waals surface area contributed by atoms with Gasteiger partial charge in [-0.05, 0) is 55.3 Å². The monoisotopic (exact) mass is 502 g/mol. The Morgan fingerprint density at radius 3 is 2.50 bits per heavy atom. The molecule has 0 aliphatic carbocycles. The third-order valence-electron chi connectivity index (χ3n) is 5.44. The molecule has 0 saturated carbocycles. The van der Waals surface area contributed by atoms with Crippen molar-refractivity contribution in [2.45, 2.75) is 18.6 Å². The Morgan fingerprint density at radius 1 is 1.17 bits per heavy atom. The van der Waals surface area contributed by atoms with Gasteiger partial charge in [-0.1, -0.05) is 41.6 Å². The Balaban J connectivity index is 1.72. The molecule has 3 aromatic rings. The van der Waals surface area contributed by atoms with Crippen molar-refractivity contribution in [1.82, 2.24) is 0 Å². The summed E-state index contributed by atoms with van der Waals surface area (Å²) in [4.78, 5) is 38.5. The number of nitrogens with one attached hydrogen (secondary N) is 1. The Labute approximate surface area is 210 Å². The van der Waals surface area contributed by atoms with Crippen molar-refractivity contribution in [3.63, 3.8) is 0 Å². The fourth-order valence-electron chi connectivity index (χ4n) is 3.65. The minimum absolute atomic E-state index is 0.0921. The average molecular weight is 503 g/mol. The van der Waals surface area contributed by atoms with Crippen LogP contribution in [0.3, 0.4) is 0 Å². The number of thioether (sulfide) groups is 1. The highest BCUT2D eigenvalue weighted by Gasteiger charge is 2.41.